The second-order valence-electron chi connectivity index (χ2n) is 7.43. The average Bonchev–Trinajstić information content (AvgIpc) is 2.73. The Kier molecular flexibility index (Phi) is 5.43. The summed E-state index contributed by atoms with van der Waals surface area (Å²) in [4.78, 5) is 29.4. The van der Waals surface area contributed by atoms with Crippen LogP contribution in [0.2, 0.25) is 5.02 Å². The number of benzene rings is 1. The van der Waals surface area contributed by atoms with Gasteiger partial charge in [0.2, 0.25) is 5.91 Å². The number of carbonyl (C=O) groups excluding carboxylic acids is 2. The minimum Gasteiger partial charge on any atom is -0.486 e. The standard InChI is InChI=1S/C20H25ClN2O4/c21-16-12-15(13-17-18(16)27-11-10-26-17)20(25)23-8-4-14(5-9-23)19(24)22-6-2-1-3-7-22/h12-14H,1-11H2. The lowest BCUT2D eigenvalue weighted by molar-refractivity contribution is -0.137. The number of hydrogen-bond acceptors (Lipinski definition) is 4. The molecule has 3 aliphatic rings. The highest BCUT2D eigenvalue weighted by Crippen LogP contribution is 2.38. The third-order valence-electron chi connectivity index (χ3n) is 5.64. The van der Waals surface area contributed by atoms with Crippen molar-refractivity contribution in [2.45, 2.75) is 32.1 Å². The molecule has 2 saturated heterocycles. The summed E-state index contributed by atoms with van der Waals surface area (Å²) >= 11 is 6.26. The van der Waals surface area contributed by atoms with Crippen LogP contribution in [0.25, 0.3) is 0 Å². The van der Waals surface area contributed by atoms with E-state index in [9.17, 15) is 9.59 Å². The van der Waals surface area contributed by atoms with Crippen molar-refractivity contribution in [1.82, 2.24) is 9.80 Å². The topological polar surface area (TPSA) is 59.1 Å². The van der Waals surface area contributed by atoms with Crippen molar-refractivity contribution < 1.29 is 19.1 Å². The molecule has 4 rings (SSSR count). The lowest BCUT2D eigenvalue weighted by Crippen LogP contribution is -2.45. The van der Waals surface area contributed by atoms with E-state index in [1.165, 1.54) is 6.42 Å². The van der Waals surface area contributed by atoms with E-state index in [-0.39, 0.29) is 17.7 Å². The summed E-state index contributed by atoms with van der Waals surface area (Å²) in [5, 5.41) is 0.394. The van der Waals surface area contributed by atoms with Gasteiger partial charge in [0.25, 0.3) is 5.91 Å². The number of rotatable bonds is 2. The molecule has 6 nitrogen and oxygen atoms in total. The summed E-state index contributed by atoms with van der Waals surface area (Å²) < 4.78 is 11.1. The zero-order valence-corrected chi connectivity index (χ0v) is 16.2. The van der Waals surface area contributed by atoms with E-state index < -0.39 is 0 Å². The molecule has 3 aliphatic heterocycles. The van der Waals surface area contributed by atoms with E-state index in [0.29, 0.717) is 48.4 Å². The van der Waals surface area contributed by atoms with Crippen molar-refractivity contribution >= 4 is 23.4 Å². The molecule has 1 aromatic rings. The van der Waals surface area contributed by atoms with Crippen LogP contribution in [0.3, 0.4) is 0 Å². The summed E-state index contributed by atoms with van der Waals surface area (Å²) in [6, 6.07) is 3.34. The molecule has 0 aromatic heterocycles. The molecular weight excluding hydrogens is 368 g/mol. The molecule has 2 fully saturated rings. The van der Waals surface area contributed by atoms with Gasteiger partial charge in [-0.1, -0.05) is 11.6 Å². The van der Waals surface area contributed by atoms with Crippen molar-refractivity contribution in [2.24, 2.45) is 5.92 Å². The van der Waals surface area contributed by atoms with Crippen LogP contribution >= 0.6 is 11.6 Å². The van der Waals surface area contributed by atoms with E-state index in [4.69, 9.17) is 21.1 Å². The van der Waals surface area contributed by atoms with E-state index in [1.807, 2.05) is 9.80 Å². The predicted molar refractivity (Wildman–Crippen MR) is 102 cm³/mol. The molecule has 0 bridgehead atoms. The molecule has 7 heteroatoms. The Bertz CT molecular complexity index is 725. The minimum atomic E-state index is -0.0715. The molecule has 27 heavy (non-hydrogen) atoms. The van der Waals surface area contributed by atoms with Crippen LogP contribution < -0.4 is 9.47 Å². The molecule has 146 valence electrons. The fourth-order valence-electron chi connectivity index (χ4n) is 4.12. The lowest BCUT2D eigenvalue weighted by Gasteiger charge is -2.35. The van der Waals surface area contributed by atoms with E-state index >= 15 is 0 Å². The third kappa shape index (κ3) is 3.86. The number of fused-ring (bicyclic) bond motifs is 1. The van der Waals surface area contributed by atoms with Crippen LogP contribution in [-0.4, -0.2) is 61.0 Å². The first kappa shape index (κ1) is 18.4. The smallest absolute Gasteiger partial charge is 0.254 e. The number of likely N-dealkylation sites (tertiary alicyclic amines) is 2. The Hall–Kier alpha value is -1.95. The van der Waals surface area contributed by atoms with Gasteiger partial charge in [0, 0.05) is 37.7 Å². The zero-order chi connectivity index (χ0) is 18.8. The molecule has 0 atom stereocenters. The number of nitrogens with zero attached hydrogens (tertiary/aromatic N) is 2. The Morgan fingerprint density at radius 3 is 2.37 bits per heavy atom. The molecule has 0 radical (unpaired) electrons. The van der Waals surface area contributed by atoms with Gasteiger partial charge < -0.3 is 19.3 Å². The molecule has 0 saturated carbocycles. The maximum atomic E-state index is 12.9. The van der Waals surface area contributed by atoms with Crippen LogP contribution in [0.1, 0.15) is 42.5 Å². The second-order valence-corrected chi connectivity index (χ2v) is 7.84. The van der Waals surface area contributed by atoms with Crippen molar-refractivity contribution in [1.29, 1.82) is 0 Å². The maximum Gasteiger partial charge on any atom is 0.254 e. The van der Waals surface area contributed by atoms with Gasteiger partial charge in [-0.05, 0) is 44.2 Å². The van der Waals surface area contributed by atoms with Crippen LogP contribution in [0.15, 0.2) is 12.1 Å². The first-order valence-corrected chi connectivity index (χ1v) is 10.2. The summed E-state index contributed by atoms with van der Waals surface area (Å²) in [5.74, 6) is 1.26. The van der Waals surface area contributed by atoms with Crippen molar-refractivity contribution in [2.75, 3.05) is 39.4 Å². The van der Waals surface area contributed by atoms with Crippen LogP contribution in [0.4, 0.5) is 0 Å². The Balaban J connectivity index is 1.38. The Morgan fingerprint density at radius 2 is 1.63 bits per heavy atom. The molecule has 2 amide bonds. The normalized spacial score (nSPS) is 20.5. The fourth-order valence-corrected chi connectivity index (χ4v) is 4.38. The number of halogens is 1. The third-order valence-corrected chi connectivity index (χ3v) is 5.92. The van der Waals surface area contributed by atoms with Crippen LogP contribution in [0.5, 0.6) is 11.5 Å². The van der Waals surface area contributed by atoms with Gasteiger partial charge in [0.1, 0.15) is 13.2 Å². The maximum absolute atomic E-state index is 12.9. The molecule has 3 heterocycles. The lowest BCUT2D eigenvalue weighted by atomic mass is 9.94. The first-order valence-electron chi connectivity index (χ1n) is 9.80. The number of ether oxygens (including phenoxy) is 2. The largest absolute Gasteiger partial charge is 0.486 e. The van der Waals surface area contributed by atoms with E-state index in [2.05, 4.69) is 0 Å². The highest BCUT2D eigenvalue weighted by molar-refractivity contribution is 6.32. The first-order chi connectivity index (χ1) is 13.1. The number of hydrogen-bond donors (Lipinski definition) is 0. The number of amides is 2. The van der Waals surface area contributed by atoms with Gasteiger partial charge in [-0.2, -0.15) is 0 Å². The molecule has 0 aliphatic carbocycles. The highest BCUT2D eigenvalue weighted by Gasteiger charge is 2.31. The molecule has 0 spiro atoms. The molecule has 0 unspecified atom stereocenters. The number of carbonyl (C=O) groups is 2. The molecular formula is C20H25ClN2O4. The Morgan fingerprint density at radius 1 is 0.926 bits per heavy atom. The number of piperidine rings is 2. The SMILES string of the molecule is O=C(c1cc(Cl)c2c(c1)OCCO2)N1CCC(C(=O)N2CCCCC2)CC1. The van der Waals surface area contributed by atoms with Crippen LogP contribution in [0, 0.1) is 5.92 Å². The van der Waals surface area contributed by atoms with Crippen LogP contribution in [-0.2, 0) is 4.79 Å². The fraction of sp³-hybridized carbons (Fsp3) is 0.600. The van der Waals surface area contributed by atoms with Gasteiger partial charge in [0.15, 0.2) is 11.5 Å². The van der Waals surface area contributed by atoms with E-state index in [1.54, 1.807) is 12.1 Å². The van der Waals surface area contributed by atoms with Gasteiger partial charge in [-0.3, -0.25) is 9.59 Å². The quantitative estimate of drug-likeness (QED) is 0.776. The Labute approximate surface area is 164 Å². The van der Waals surface area contributed by atoms with Gasteiger partial charge in [-0.15, -0.1) is 0 Å². The van der Waals surface area contributed by atoms with Gasteiger partial charge in [0.05, 0.1) is 5.02 Å². The molecule has 0 N–H and O–H groups in total. The van der Waals surface area contributed by atoms with Crippen molar-refractivity contribution in [3.63, 3.8) is 0 Å². The van der Waals surface area contributed by atoms with Crippen molar-refractivity contribution in [3.05, 3.63) is 22.7 Å². The second kappa shape index (κ2) is 7.97. The molecule has 1 aromatic carbocycles. The monoisotopic (exact) mass is 392 g/mol. The zero-order valence-electron chi connectivity index (χ0n) is 15.4. The summed E-state index contributed by atoms with van der Waals surface area (Å²) in [7, 11) is 0. The average molecular weight is 393 g/mol. The predicted octanol–water partition coefficient (Wildman–Crippen LogP) is 2.98. The van der Waals surface area contributed by atoms with E-state index in [0.717, 1.165) is 38.8 Å². The van der Waals surface area contributed by atoms with Gasteiger partial charge in [-0.25, -0.2) is 0 Å². The summed E-state index contributed by atoms with van der Waals surface area (Å²) in [5.41, 5.74) is 0.505. The summed E-state index contributed by atoms with van der Waals surface area (Å²) in [6.45, 7) is 3.86. The minimum absolute atomic E-state index is 0.0380. The van der Waals surface area contributed by atoms with Crippen molar-refractivity contribution in [3.8, 4) is 11.5 Å². The highest BCUT2D eigenvalue weighted by atomic mass is 35.5. The van der Waals surface area contributed by atoms with Gasteiger partial charge >= 0.3 is 0 Å². The summed E-state index contributed by atoms with van der Waals surface area (Å²) in [6.07, 6.45) is 4.87.